The molecule has 0 amide bonds. The summed E-state index contributed by atoms with van der Waals surface area (Å²) in [4.78, 5) is 4.62. The van der Waals surface area contributed by atoms with Gasteiger partial charge in [-0.3, -0.25) is 5.32 Å². The normalized spacial score (nSPS) is 10.6. The highest BCUT2D eigenvalue weighted by Gasteiger charge is 2.14. The van der Waals surface area contributed by atoms with E-state index in [-0.39, 0.29) is 17.0 Å². The van der Waals surface area contributed by atoms with E-state index >= 15 is 0 Å². The average molecular weight is 503 g/mol. The lowest BCUT2D eigenvalue weighted by molar-refractivity contribution is -0.478. The average Bonchev–Trinajstić information content (AvgIpc) is 3.28. The fourth-order valence-corrected chi connectivity index (χ4v) is 3.74. The van der Waals surface area contributed by atoms with Crippen LogP contribution in [0.25, 0.3) is 22.8 Å². The fraction of sp³-hybridized carbons (Fsp3) is 0. The molecule has 0 aliphatic heterocycles. The minimum atomic E-state index is 0. The van der Waals surface area contributed by atoms with Crippen LogP contribution >= 0.6 is 46.1 Å². The van der Waals surface area contributed by atoms with Crippen molar-refractivity contribution in [3.05, 3.63) is 75.0 Å². The van der Waals surface area contributed by atoms with E-state index in [4.69, 9.17) is 39.2 Å². The molecule has 0 atom stereocenters. The minimum absolute atomic E-state index is 0. The summed E-state index contributed by atoms with van der Waals surface area (Å²) in [6.45, 7) is 0. The first-order chi connectivity index (χ1) is 12.6. The van der Waals surface area contributed by atoms with Gasteiger partial charge in [0.25, 0.3) is 5.13 Å². The first-order valence-electron chi connectivity index (χ1n) is 7.70. The van der Waals surface area contributed by atoms with Gasteiger partial charge in [-0.25, -0.2) is 0 Å². The summed E-state index contributed by atoms with van der Waals surface area (Å²) in [5, 5.41) is 6.76. The number of thiazole rings is 1. The maximum Gasteiger partial charge on any atom is 0.288 e. The summed E-state index contributed by atoms with van der Waals surface area (Å²) < 4.78 is 5.94. The van der Waals surface area contributed by atoms with E-state index in [1.54, 1.807) is 29.5 Å². The lowest BCUT2D eigenvalue weighted by Gasteiger charge is -2.01. The monoisotopic (exact) mass is 500 g/mol. The van der Waals surface area contributed by atoms with Crippen LogP contribution in [0.1, 0.15) is 0 Å². The molecule has 27 heavy (non-hydrogen) atoms. The van der Waals surface area contributed by atoms with Gasteiger partial charge in [-0.1, -0.05) is 46.1 Å². The van der Waals surface area contributed by atoms with Gasteiger partial charge >= 0.3 is 0 Å². The summed E-state index contributed by atoms with van der Waals surface area (Å²) in [5.74, 6) is 1.34. The number of nitrogens with zero attached hydrogens (tertiary/aromatic N) is 1. The zero-order chi connectivity index (χ0) is 18.1. The van der Waals surface area contributed by atoms with E-state index in [9.17, 15) is 0 Å². The Kier molecular flexibility index (Phi) is 6.63. The van der Waals surface area contributed by atoms with Crippen molar-refractivity contribution in [2.45, 2.75) is 0 Å². The number of rotatable bonds is 4. The van der Waals surface area contributed by atoms with E-state index < -0.39 is 0 Å². The van der Waals surface area contributed by atoms with E-state index in [0.717, 1.165) is 22.1 Å². The molecule has 2 N–H and O–H groups in total. The highest BCUT2D eigenvalue weighted by molar-refractivity contribution is 7.13. The maximum absolute atomic E-state index is 6.24. The molecular weight excluding hydrogens is 491 g/mol. The van der Waals surface area contributed by atoms with Crippen molar-refractivity contribution in [2.24, 2.45) is 0 Å². The third-order valence-electron chi connectivity index (χ3n) is 3.73. The Bertz CT molecular complexity index is 1060. The summed E-state index contributed by atoms with van der Waals surface area (Å²) in [6.07, 6.45) is 0. The number of nitrogens with two attached hydrogens (primary N) is 1. The lowest BCUT2D eigenvalue weighted by atomic mass is 10.2. The summed E-state index contributed by atoms with van der Waals surface area (Å²) in [5.41, 5.74) is 2.58. The van der Waals surface area contributed by atoms with Crippen molar-refractivity contribution in [1.82, 2.24) is 4.98 Å². The molecule has 3 nitrogen and oxygen atoms in total. The van der Waals surface area contributed by atoms with Crippen molar-refractivity contribution in [3.8, 4) is 22.8 Å². The van der Waals surface area contributed by atoms with Crippen LogP contribution < -0.4 is 22.3 Å². The van der Waals surface area contributed by atoms with Gasteiger partial charge in [-0.2, -0.15) is 4.98 Å². The molecule has 0 bridgehead atoms. The Balaban J connectivity index is 0.00000210. The van der Waals surface area contributed by atoms with Gasteiger partial charge in [0.2, 0.25) is 0 Å². The molecule has 2 aromatic carbocycles. The minimum Gasteiger partial charge on any atom is -1.00 e. The molecule has 2 heterocycles. The molecule has 8 heteroatoms. The maximum atomic E-state index is 6.24. The predicted octanol–water partition coefficient (Wildman–Crippen LogP) is 3.56. The molecule has 0 fully saturated rings. The van der Waals surface area contributed by atoms with Gasteiger partial charge in [0.1, 0.15) is 17.1 Å². The predicted molar refractivity (Wildman–Crippen MR) is 108 cm³/mol. The van der Waals surface area contributed by atoms with Crippen molar-refractivity contribution >= 4 is 57.0 Å². The van der Waals surface area contributed by atoms with E-state index in [0.29, 0.717) is 26.6 Å². The third-order valence-corrected chi connectivity index (χ3v) is 5.34. The van der Waals surface area contributed by atoms with Crippen molar-refractivity contribution < 1.29 is 26.7 Å². The number of hydrogen-bond donors (Lipinski definition) is 1. The molecule has 0 aliphatic rings. The first kappa shape index (κ1) is 20.4. The molecule has 2 aromatic heterocycles. The number of hydrogen-bond acceptors (Lipinski definition) is 3. The van der Waals surface area contributed by atoms with Crippen molar-refractivity contribution in [1.29, 1.82) is 0 Å². The van der Waals surface area contributed by atoms with Gasteiger partial charge in [0, 0.05) is 33.1 Å². The third kappa shape index (κ3) is 4.74. The molecule has 4 rings (SSSR count). The van der Waals surface area contributed by atoms with Gasteiger partial charge in [0.05, 0.1) is 5.02 Å². The second-order valence-electron chi connectivity index (χ2n) is 5.55. The SMILES string of the molecule is Clc1ccc([NH2+]c2nc(-c3ccc(-c4cc(Cl)ccc4Cl)o3)cs2)cc1.[Br-]. The topological polar surface area (TPSA) is 42.6 Å². The smallest absolute Gasteiger partial charge is 0.288 e. The van der Waals surface area contributed by atoms with Crippen LogP contribution in [0.5, 0.6) is 0 Å². The zero-order valence-corrected chi connectivity index (χ0v) is 18.3. The first-order valence-corrected chi connectivity index (χ1v) is 9.71. The van der Waals surface area contributed by atoms with E-state index in [1.807, 2.05) is 47.1 Å². The van der Waals surface area contributed by atoms with Crippen LogP contribution in [0, 0.1) is 0 Å². The summed E-state index contributed by atoms with van der Waals surface area (Å²) in [7, 11) is 0. The Morgan fingerprint density at radius 1 is 0.852 bits per heavy atom. The van der Waals surface area contributed by atoms with Crippen LogP contribution in [0.3, 0.4) is 0 Å². The van der Waals surface area contributed by atoms with Gasteiger partial charge in [-0.15, -0.1) is 0 Å². The van der Waals surface area contributed by atoms with Crippen LogP contribution in [0.2, 0.25) is 15.1 Å². The molecule has 0 spiro atoms. The molecule has 0 radical (unpaired) electrons. The van der Waals surface area contributed by atoms with Gasteiger partial charge in [-0.05, 0) is 42.5 Å². The zero-order valence-electron chi connectivity index (χ0n) is 13.6. The second kappa shape index (κ2) is 8.78. The Labute approximate surface area is 185 Å². The summed E-state index contributed by atoms with van der Waals surface area (Å²) >= 11 is 19.8. The van der Waals surface area contributed by atoms with Crippen LogP contribution in [0.4, 0.5) is 10.8 Å². The number of quaternary nitrogens is 1. The molecule has 0 unspecified atom stereocenters. The molecular formula is C19H12BrCl3N2OS. The van der Waals surface area contributed by atoms with Crippen LogP contribution in [-0.2, 0) is 0 Å². The molecule has 4 aromatic rings. The quantitative estimate of drug-likeness (QED) is 0.434. The Morgan fingerprint density at radius 2 is 1.56 bits per heavy atom. The largest absolute Gasteiger partial charge is 1.00 e. The van der Waals surface area contributed by atoms with Crippen molar-refractivity contribution in [3.63, 3.8) is 0 Å². The number of benzene rings is 2. The van der Waals surface area contributed by atoms with Gasteiger partial charge < -0.3 is 21.4 Å². The highest BCUT2D eigenvalue weighted by atomic mass is 79.9. The molecule has 0 saturated carbocycles. The Morgan fingerprint density at radius 3 is 2.33 bits per heavy atom. The number of halogens is 4. The van der Waals surface area contributed by atoms with Crippen LogP contribution in [0.15, 0.2) is 64.4 Å². The van der Waals surface area contributed by atoms with E-state index in [1.165, 1.54) is 0 Å². The molecule has 0 aliphatic carbocycles. The molecule has 0 saturated heterocycles. The highest BCUT2D eigenvalue weighted by Crippen LogP contribution is 2.34. The lowest BCUT2D eigenvalue weighted by Crippen LogP contribution is -3.00. The van der Waals surface area contributed by atoms with Crippen molar-refractivity contribution in [2.75, 3.05) is 0 Å². The number of aromatic nitrogens is 1. The van der Waals surface area contributed by atoms with E-state index in [2.05, 4.69) is 4.98 Å². The molecule has 138 valence electrons. The van der Waals surface area contributed by atoms with Crippen LogP contribution in [-0.4, -0.2) is 4.98 Å². The number of furan rings is 1. The Hall–Kier alpha value is -1.34. The summed E-state index contributed by atoms with van der Waals surface area (Å²) in [6, 6.07) is 16.7. The standard InChI is InChI=1S/C19H11Cl3N2OS.BrH/c20-11-1-4-13(5-2-11)23-19-24-16(10-26-19)18-8-7-17(25-18)14-9-12(21)3-6-15(14)22;/h1-10H,(H,23,24);1H. The van der Waals surface area contributed by atoms with Gasteiger partial charge in [0.15, 0.2) is 5.76 Å². The fourth-order valence-electron chi connectivity index (χ4n) is 2.48. The second-order valence-corrected chi connectivity index (χ2v) is 7.72.